The van der Waals surface area contributed by atoms with E-state index in [-0.39, 0.29) is 0 Å². The van der Waals surface area contributed by atoms with E-state index in [0.29, 0.717) is 8.58 Å². The van der Waals surface area contributed by atoms with Crippen LogP contribution in [0, 0.1) is 13.8 Å². The Morgan fingerprint density at radius 2 is 1.16 bits per heavy atom. The number of methoxy groups -OCH3 is 2. The van der Waals surface area contributed by atoms with Crippen molar-refractivity contribution in [2.45, 2.75) is 13.8 Å². The summed E-state index contributed by atoms with van der Waals surface area (Å²) < 4.78 is 11.0. The van der Waals surface area contributed by atoms with Crippen molar-refractivity contribution in [3.8, 4) is 11.5 Å². The Labute approximate surface area is 116 Å². The molecule has 0 heterocycles. The van der Waals surface area contributed by atoms with Crippen LogP contribution in [0.15, 0.2) is 36.4 Å². The van der Waals surface area contributed by atoms with Crippen LogP contribution in [0.4, 0.5) is 0 Å². The lowest BCUT2D eigenvalue weighted by Gasteiger charge is -2.15. The first kappa shape index (κ1) is 13.9. The highest BCUT2D eigenvalue weighted by Crippen LogP contribution is 2.27. The van der Waals surface area contributed by atoms with E-state index in [1.807, 2.05) is 24.3 Å². The molecule has 0 atom stereocenters. The van der Waals surface area contributed by atoms with Gasteiger partial charge in [0.25, 0.3) is 0 Å². The zero-order chi connectivity index (χ0) is 13.8. The first-order chi connectivity index (χ1) is 9.17. The predicted octanol–water partition coefficient (Wildman–Crippen LogP) is 2.95. The van der Waals surface area contributed by atoms with Gasteiger partial charge in [-0.25, -0.2) is 0 Å². The van der Waals surface area contributed by atoms with Crippen molar-refractivity contribution in [3.05, 3.63) is 47.5 Å². The summed E-state index contributed by atoms with van der Waals surface area (Å²) in [5.74, 6) is 1.90. The predicted molar refractivity (Wildman–Crippen MR) is 83.0 cm³/mol. The average molecular weight is 274 g/mol. The quantitative estimate of drug-likeness (QED) is 0.798. The Morgan fingerprint density at radius 1 is 0.737 bits per heavy atom. The van der Waals surface area contributed by atoms with Crippen molar-refractivity contribution in [3.63, 3.8) is 0 Å². The SMILES string of the molecule is COc1cccc(C)c1Pc1c(C)cccc1OC. The molecule has 0 fully saturated rings. The maximum atomic E-state index is 5.48. The van der Waals surface area contributed by atoms with Gasteiger partial charge in [0.05, 0.1) is 14.2 Å². The number of benzene rings is 2. The summed E-state index contributed by atoms with van der Waals surface area (Å²) in [5, 5.41) is 2.50. The fourth-order valence-corrected chi connectivity index (χ4v) is 3.50. The van der Waals surface area contributed by atoms with Gasteiger partial charge in [-0.15, -0.1) is 0 Å². The minimum absolute atomic E-state index is 0.536. The molecule has 2 aromatic rings. The molecule has 0 aromatic heterocycles. The van der Waals surface area contributed by atoms with Gasteiger partial charge in [0.2, 0.25) is 0 Å². The van der Waals surface area contributed by atoms with Crippen LogP contribution in [-0.4, -0.2) is 14.2 Å². The summed E-state index contributed by atoms with van der Waals surface area (Å²) in [6.07, 6.45) is 0. The van der Waals surface area contributed by atoms with Crippen LogP contribution in [0.1, 0.15) is 11.1 Å². The largest absolute Gasteiger partial charge is 0.496 e. The molecule has 0 aliphatic carbocycles. The first-order valence-electron chi connectivity index (χ1n) is 6.21. The molecule has 0 radical (unpaired) electrons. The number of hydrogen-bond donors (Lipinski definition) is 0. The summed E-state index contributed by atoms with van der Waals surface area (Å²) in [7, 11) is 3.98. The first-order valence-corrected chi connectivity index (χ1v) is 7.21. The maximum absolute atomic E-state index is 5.48. The molecule has 19 heavy (non-hydrogen) atoms. The van der Waals surface area contributed by atoms with Crippen LogP contribution in [-0.2, 0) is 0 Å². The zero-order valence-corrected chi connectivity index (χ0v) is 12.8. The van der Waals surface area contributed by atoms with Crippen molar-refractivity contribution in [2.75, 3.05) is 14.2 Å². The van der Waals surface area contributed by atoms with Gasteiger partial charge in [-0.1, -0.05) is 32.8 Å². The van der Waals surface area contributed by atoms with Crippen molar-refractivity contribution in [1.29, 1.82) is 0 Å². The highest BCUT2D eigenvalue weighted by atomic mass is 31.1. The van der Waals surface area contributed by atoms with Crippen LogP contribution >= 0.6 is 8.58 Å². The minimum atomic E-state index is 0.536. The molecular formula is C16H19O2P. The topological polar surface area (TPSA) is 18.5 Å². The number of hydrogen-bond acceptors (Lipinski definition) is 2. The normalized spacial score (nSPS) is 10.3. The molecule has 2 rings (SSSR count). The van der Waals surface area contributed by atoms with E-state index in [4.69, 9.17) is 9.47 Å². The molecule has 0 aliphatic rings. The zero-order valence-electron chi connectivity index (χ0n) is 11.8. The van der Waals surface area contributed by atoms with E-state index in [2.05, 4.69) is 26.0 Å². The summed E-state index contributed by atoms with van der Waals surface area (Å²) in [6, 6.07) is 12.3. The number of ether oxygens (including phenoxy) is 2. The van der Waals surface area contributed by atoms with E-state index < -0.39 is 0 Å². The van der Waals surface area contributed by atoms with E-state index in [1.54, 1.807) is 14.2 Å². The van der Waals surface area contributed by atoms with E-state index in [1.165, 1.54) is 21.7 Å². The molecule has 0 spiro atoms. The monoisotopic (exact) mass is 274 g/mol. The highest BCUT2D eigenvalue weighted by molar-refractivity contribution is 7.56. The molecule has 3 heteroatoms. The lowest BCUT2D eigenvalue weighted by atomic mass is 10.2. The van der Waals surface area contributed by atoms with E-state index >= 15 is 0 Å². The lowest BCUT2D eigenvalue weighted by molar-refractivity contribution is 0.417. The second-order valence-electron chi connectivity index (χ2n) is 4.43. The smallest absolute Gasteiger partial charge is 0.126 e. The summed E-state index contributed by atoms with van der Waals surface area (Å²) in [5.41, 5.74) is 2.51. The minimum Gasteiger partial charge on any atom is -0.496 e. The maximum Gasteiger partial charge on any atom is 0.126 e. The molecule has 0 bridgehead atoms. The molecule has 0 aliphatic heterocycles. The van der Waals surface area contributed by atoms with Crippen molar-refractivity contribution in [1.82, 2.24) is 0 Å². The summed E-state index contributed by atoms with van der Waals surface area (Å²) in [6.45, 7) is 4.24. The Hall–Kier alpha value is -1.53. The third-order valence-electron chi connectivity index (χ3n) is 3.16. The van der Waals surface area contributed by atoms with Crippen LogP contribution in [0.3, 0.4) is 0 Å². The van der Waals surface area contributed by atoms with Crippen molar-refractivity contribution < 1.29 is 9.47 Å². The van der Waals surface area contributed by atoms with E-state index in [0.717, 1.165) is 11.5 Å². The van der Waals surface area contributed by atoms with Gasteiger partial charge < -0.3 is 9.47 Å². The summed E-state index contributed by atoms with van der Waals surface area (Å²) in [4.78, 5) is 0. The molecule has 0 saturated heterocycles. The fourth-order valence-electron chi connectivity index (χ4n) is 2.07. The van der Waals surface area contributed by atoms with Crippen molar-refractivity contribution in [2.24, 2.45) is 0 Å². The van der Waals surface area contributed by atoms with Gasteiger partial charge in [-0.05, 0) is 37.1 Å². The third kappa shape index (κ3) is 2.90. The van der Waals surface area contributed by atoms with Gasteiger partial charge in [0.1, 0.15) is 11.5 Å². The summed E-state index contributed by atoms with van der Waals surface area (Å²) >= 11 is 0. The molecule has 0 N–H and O–H groups in total. The molecular weight excluding hydrogens is 255 g/mol. The second-order valence-corrected chi connectivity index (χ2v) is 5.68. The van der Waals surface area contributed by atoms with Crippen LogP contribution in [0.5, 0.6) is 11.5 Å². The Balaban J connectivity index is 2.47. The van der Waals surface area contributed by atoms with E-state index in [9.17, 15) is 0 Å². The van der Waals surface area contributed by atoms with Crippen LogP contribution < -0.4 is 20.1 Å². The standard InChI is InChI=1S/C16H19O2P/c1-11-7-5-9-13(17-3)15(11)19-16-12(2)8-6-10-14(16)18-4/h5-10,19H,1-4H3. The third-order valence-corrected chi connectivity index (χ3v) is 4.94. The lowest BCUT2D eigenvalue weighted by Crippen LogP contribution is -2.13. The molecule has 0 unspecified atom stereocenters. The average Bonchev–Trinajstić information content (AvgIpc) is 2.42. The van der Waals surface area contributed by atoms with Crippen LogP contribution in [0.25, 0.3) is 0 Å². The van der Waals surface area contributed by atoms with Gasteiger partial charge in [-0.3, -0.25) is 0 Å². The molecule has 0 saturated carbocycles. The van der Waals surface area contributed by atoms with Gasteiger partial charge in [0, 0.05) is 10.6 Å². The Kier molecular flexibility index (Phi) is 4.44. The molecule has 100 valence electrons. The molecule has 0 amide bonds. The van der Waals surface area contributed by atoms with Gasteiger partial charge in [-0.2, -0.15) is 0 Å². The Morgan fingerprint density at radius 3 is 1.53 bits per heavy atom. The second kappa shape index (κ2) is 6.08. The van der Waals surface area contributed by atoms with Gasteiger partial charge in [0.15, 0.2) is 0 Å². The molecule has 2 nitrogen and oxygen atoms in total. The Bertz CT molecular complexity index is 527. The van der Waals surface area contributed by atoms with Gasteiger partial charge >= 0.3 is 0 Å². The number of rotatable bonds is 4. The highest BCUT2D eigenvalue weighted by Gasteiger charge is 2.12. The fraction of sp³-hybridized carbons (Fsp3) is 0.250. The number of aryl methyl sites for hydroxylation is 2. The van der Waals surface area contributed by atoms with Crippen LogP contribution in [0.2, 0.25) is 0 Å². The van der Waals surface area contributed by atoms with Crippen molar-refractivity contribution >= 4 is 19.2 Å². The molecule has 2 aromatic carbocycles.